The summed E-state index contributed by atoms with van der Waals surface area (Å²) in [6.45, 7) is 8.90. The maximum absolute atomic E-state index is 12.4. The van der Waals surface area contributed by atoms with E-state index in [1.54, 1.807) is 4.90 Å². The van der Waals surface area contributed by atoms with Crippen molar-refractivity contribution in [2.45, 2.75) is 51.9 Å². The summed E-state index contributed by atoms with van der Waals surface area (Å²) in [5.74, 6) is -0.337. The van der Waals surface area contributed by atoms with E-state index in [2.05, 4.69) is 4.90 Å². The summed E-state index contributed by atoms with van der Waals surface area (Å²) >= 11 is 0. The van der Waals surface area contributed by atoms with Crippen molar-refractivity contribution in [3.05, 3.63) is 35.9 Å². The fraction of sp³-hybridized carbons (Fsp3) is 0.579. The van der Waals surface area contributed by atoms with E-state index in [4.69, 9.17) is 9.47 Å². The fourth-order valence-electron chi connectivity index (χ4n) is 3.00. The molecule has 1 aromatic carbocycles. The summed E-state index contributed by atoms with van der Waals surface area (Å²) in [5, 5.41) is 0. The second-order valence-electron chi connectivity index (χ2n) is 7.43. The molecule has 1 heterocycles. The zero-order chi connectivity index (χ0) is 18.6. The molecule has 2 rings (SSSR count). The Morgan fingerprint density at radius 2 is 1.80 bits per heavy atom. The molecule has 1 fully saturated rings. The van der Waals surface area contributed by atoms with Gasteiger partial charge in [0.05, 0.1) is 13.7 Å². The first-order valence-corrected chi connectivity index (χ1v) is 8.56. The van der Waals surface area contributed by atoms with Crippen LogP contribution in [0.5, 0.6) is 0 Å². The highest BCUT2D eigenvalue weighted by Crippen LogP contribution is 2.22. The highest BCUT2D eigenvalue weighted by Gasteiger charge is 2.40. The number of hydrogen-bond acceptors (Lipinski definition) is 5. The number of ether oxygens (including phenoxy) is 2. The Kier molecular flexibility index (Phi) is 6.06. The molecule has 0 spiro atoms. The van der Waals surface area contributed by atoms with Gasteiger partial charge in [-0.25, -0.2) is 4.79 Å². The van der Waals surface area contributed by atoms with Crippen LogP contribution in [0.15, 0.2) is 30.3 Å². The van der Waals surface area contributed by atoms with Gasteiger partial charge in [-0.1, -0.05) is 30.3 Å². The number of hydrogen-bond donors (Lipinski definition) is 0. The SMILES string of the molecule is COC(=O)C1CN(C(=O)OC(C)(C)C)C[C@H](C)N1Cc1ccccc1. The second-order valence-corrected chi connectivity index (χ2v) is 7.43. The van der Waals surface area contributed by atoms with Gasteiger partial charge in [0.15, 0.2) is 0 Å². The number of esters is 1. The Balaban J connectivity index is 2.16. The van der Waals surface area contributed by atoms with E-state index in [1.165, 1.54) is 7.11 Å². The van der Waals surface area contributed by atoms with Crippen LogP contribution in [0.25, 0.3) is 0 Å². The molecular weight excluding hydrogens is 320 g/mol. The molecule has 25 heavy (non-hydrogen) atoms. The van der Waals surface area contributed by atoms with E-state index in [0.717, 1.165) is 5.56 Å². The Hall–Kier alpha value is -2.08. The molecular formula is C19H28N2O4. The van der Waals surface area contributed by atoms with Crippen molar-refractivity contribution in [1.82, 2.24) is 9.80 Å². The van der Waals surface area contributed by atoms with Crippen LogP contribution in [0.2, 0.25) is 0 Å². The average Bonchev–Trinajstić information content (AvgIpc) is 2.55. The number of amides is 1. The topological polar surface area (TPSA) is 59.1 Å². The maximum Gasteiger partial charge on any atom is 0.410 e. The lowest BCUT2D eigenvalue weighted by Crippen LogP contribution is -2.61. The van der Waals surface area contributed by atoms with E-state index in [0.29, 0.717) is 13.1 Å². The van der Waals surface area contributed by atoms with Gasteiger partial charge in [-0.05, 0) is 33.3 Å². The maximum atomic E-state index is 12.4. The van der Waals surface area contributed by atoms with Gasteiger partial charge < -0.3 is 14.4 Å². The molecule has 1 aliphatic heterocycles. The summed E-state index contributed by atoms with van der Waals surface area (Å²) < 4.78 is 10.4. The lowest BCUT2D eigenvalue weighted by atomic mass is 10.1. The van der Waals surface area contributed by atoms with Crippen LogP contribution in [0.3, 0.4) is 0 Å². The van der Waals surface area contributed by atoms with Crippen molar-refractivity contribution < 1.29 is 19.1 Å². The van der Waals surface area contributed by atoms with E-state index in [9.17, 15) is 9.59 Å². The van der Waals surface area contributed by atoms with Crippen molar-refractivity contribution in [2.24, 2.45) is 0 Å². The van der Waals surface area contributed by atoms with Gasteiger partial charge in [0.25, 0.3) is 0 Å². The number of nitrogens with zero attached hydrogens (tertiary/aromatic N) is 2. The van der Waals surface area contributed by atoms with Crippen LogP contribution < -0.4 is 0 Å². The number of carbonyl (C=O) groups is 2. The molecule has 0 saturated carbocycles. The van der Waals surface area contributed by atoms with Crippen molar-refractivity contribution >= 4 is 12.1 Å². The first-order chi connectivity index (χ1) is 11.7. The normalized spacial score (nSPS) is 21.7. The van der Waals surface area contributed by atoms with Crippen LogP contribution in [0, 0.1) is 0 Å². The highest BCUT2D eigenvalue weighted by molar-refractivity contribution is 5.78. The summed E-state index contributed by atoms with van der Waals surface area (Å²) in [6, 6.07) is 9.47. The smallest absolute Gasteiger partial charge is 0.410 e. The minimum absolute atomic E-state index is 0.00516. The average molecular weight is 348 g/mol. The fourth-order valence-corrected chi connectivity index (χ4v) is 3.00. The predicted molar refractivity (Wildman–Crippen MR) is 95.1 cm³/mol. The van der Waals surface area contributed by atoms with Gasteiger partial charge in [0.1, 0.15) is 11.6 Å². The molecule has 6 heteroatoms. The molecule has 0 N–H and O–H groups in total. The van der Waals surface area contributed by atoms with Gasteiger partial charge in [0, 0.05) is 19.1 Å². The highest BCUT2D eigenvalue weighted by atomic mass is 16.6. The molecule has 0 radical (unpaired) electrons. The van der Waals surface area contributed by atoms with Gasteiger partial charge >= 0.3 is 12.1 Å². The van der Waals surface area contributed by atoms with Gasteiger partial charge in [-0.2, -0.15) is 0 Å². The number of rotatable bonds is 3. The molecule has 1 aromatic rings. The van der Waals surface area contributed by atoms with Crippen LogP contribution in [0.4, 0.5) is 4.79 Å². The molecule has 2 atom stereocenters. The van der Waals surface area contributed by atoms with Crippen molar-refractivity contribution in [3.8, 4) is 0 Å². The van der Waals surface area contributed by atoms with Crippen molar-refractivity contribution in [1.29, 1.82) is 0 Å². The molecule has 0 aromatic heterocycles. The van der Waals surface area contributed by atoms with Crippen LogP contribution in [-0.2, 0) is 20.8 Å². The Morgan fingerprint density at radius 3 is 2.36 bits per heavy atom. The van der Waals surface area contributed by atoms with Gasteiger partial charge in [0.2, 0.25) is 0 Å². The summed E-state index contributed by atoms with van der Waals surface area (Å²) in [5.41, 5.74) is 0.552. The van der Waals surface area contributed by atoms with E-state index < -0.39 is 17.7 Å². The van der Waals surface area contributed by atoms with E-state index in [-0.39, 0.29) is 18.6 Å². The zero-order valence-electron chi connectivity index (χ0n) is 15.7. The molecule has 0 bridgehead atoms. The van der Waals surface area contributed by atoms with E-state index in [1.807, 2.05) is 58.0 Å². The second kappa shape index (κ2) is 7.87. The largest absolute Gasteiger partial charge is 0.468 e. The van der Waals surface area contributed by atoms with Crippen LogP contribution in [-0.4, -0.2) is 59.7 Å². The number of benzene rings is 1. The van der Waals surface area contributed by atoms with Gasteiger partial charge in [-0.15, -0.1) is 0 Å². The zero-order valence-corrected chi connectivity index (χ0v) is 15.7. The summed E-state index contributed by atoms with van der Waals surface area (Å²) in [4.78, 5) is 28.4. The molecule has 1 unspecified atom stereocenters. The minimum atomic E-state index is -0.567. The Morgan fingerprint density at radius 1 is 1.16 bits per heavy atom. The van der Waals surface area contributed by atoms with Crippen molar-refractivity contribution in [2.75, 3.05) is 20.2 Å². The lowest BCUT2D eigenvalue weighted by Gasteiger charge is -2.44. The Bertz CT molecular complexity index is 597. The molecule has 1 amide bonds. The number of carbonyl (C=O) groups excluding carboxylic acids is 2. The van der Waals surface area contributed by atoms with Gasteiger partial charge in [-0.3, -0.25) is 9.69 Å². The summed E-state index contributed by atoms with van der Waals surface area (Å²) in [6.07, 6.45) is -0.396. The molecule has 1 saturated heterocycles. The number of methoxy groups -OCH3 is 1. The van der Waals surface area contributed by atoms with E-state index >= 15 is 0 Å². The molecule has 138 valence electrons. The first-order valence-electron chi connectivity index (χ1n) is 8.56. The quantitative estimate of drug-likeness (QED) is 0.786. The predicted octanol–water partition coefficient (Wildman–Crippen LogP) is 2.67. The van der Waals surface area contributed by atoms with Crippen LogP contribution in [0.1, 0.15) is 33.3 Å². The first kappa shape index (κ1) is 19.2. The Labute approximate surface area is 149 Å². The van der Waals surface area contributed by atoms with Crippen molar-refractivity contribution in [3.63, 3.8) is 0 Å². The standard InChI is InChI=1S/C19H28N2O4/c1-14-11-20(18(23)25-19(2,3)4)13-16(17(22)24-5)21(14)12-15-9-7-6-8-10-15/h6-10,14,16H,11-13H2,1-5H3/t14-,16?/m0/s1. The van der Waals surface area contributed by atoms with Crippen LogP contribution >= 0.6 is 0 Å². The lowest BCUT2D eigenvalue weighted by molar-refractivity contribution is -0.151. The third-order valence-electron chi connectivity index (χ3n) is 4.18. The molecule has 1 aliphatic rings. The molecule has 6 nitrogen and oxygen atoms in total. The summed E-state index contributed by atoms with van der Waals surface area (Å²) in [7, 11) is 1.38. The third-order valence-corrected chi connectivity index (χ3v) is 4.18. The number of piperazine rings is 1. The monoisotopic (exact) mass is 348 g/mol. The minimum Gasteiger partial charge on any atom is -0.468 e. The third kappa shape index (κ3) is 5.19. The molecule has 0 aliphatic carbocycles.